The number of rotatable bonds is 4. The number of nitrogens with zero attached hydrogens (tertiary/aromatic N) is 3. The molecular weight excluding hydrogens is 394 g/mol. The fourth-order valence-electron chi connectivity index (χ4n) is 4.07. The van der Waals surface area contributed by atoms with E-state index in [4.69, 9.17) is 4.98 Å². The lowest BCUT2D eigenvalue weighted by Crippen LogP contribution is -2.10. The van der Waals surface area contributed by atoms with Crippen molar-refractivity contribution in [1.29, 1.82) is 5.26 Å². The zero-order valence-corrected chi connectivity index (χ0v) is 17.5. The number of nitriles is 1. The van der Waals surface area contributed by atoms with Crippen molar-refractivity contribution in [3.8, 4) is 16.6 Å². The van der Waals surface area contributed by atoms with E-state index in [0.29, 0.717) is 5.75 Å². The molecule has 3 heterocycles. The summed E-state index contributed by atoms with van der Waals surface area (Å²) in [7, 11) is 0. The zero-order chi connectivity index (χ0) is 19.6. The monoisotopic (exact) mass is 413 g/mol. The second-order valence-electron chi connectivity index (χ2n) is 7.16. The molecule has 0 atom stereocenters. The summed E-state index contributed by atoms with van der Waals surface area (Å²) >= 11 is 3.35. The van der Waals surface area contributed by atoms with Crippen LogP contribution in [0.5, 0.6) is 0 Å². The fourth-order valence-corrected chi connectivity index (χ4v) is 5.78. The molecule has 5 rings (SSSR count). The molecule has 1 aliphatic carbocycles. The topological polar surface area (TPSA) is 49.6 Å². The summed E-state index contributed by atoms with van der Waals surface area (Å²) < 4.78 is 0. The molecule has 5 heteroatoms. The van der Waals surface area contributed by atoms with Crippen molar-refractivity contribution in [1.82, 2.24) is 9.97 Å². The molecule has 0 N–H and O–H groups in total. The SMILES string of the molecule is N#Cc1c(SCc2nccc3ccccc23)nc(-c2cccs2)c2c1CCCC2. The molecule has 1 aromatic carbocycles. The van der Waals surface area contributed by atoms with Crippen LogP contribution in [0.1, 0.15) is 35.2 Å². The first-order valence-corrected chi connectivity index (χ1v) is 11.7. The van der Waals surface area contributed by atoms with Crippen molar-refractivity contribution in [2.24, 2.45) is 0 Å². The highest BCUT2D eigenvalue weighted by atomic mass is 32.2. The maximum atomic E-state index is 9.95. The molecule has 4 aromatic rings. The van der Waals surface area contributed by atoms with E-state index in [1.165, 1.54) is 27.8 Å². The number of hydrogen-bond donors (Lipinski definition) is 0. The molecule has 1 aliphatic rings. The Kier molecular flexibility index (Phi) is 5.05. The standard InChI is InChI=1S/C24H19N3S2/c25-14-20-18-8-3-4-9-19(18)23(22-10-5-13-28-22)27-24(20)29-15-21-17-7-2-1-6-16(17)11-12-26-21/h1-2,5-7,10-13H,3-4,8-9,15H2. The minimum absolute atomic E-state index is 0.700. The van der Waals surface area contributed by atoms with Gasteiger partial charge in [0.1, 0.15) is 11.1 Å². The number of thioether (sulfide) groups is 1. The Morgan fingerprint density at radius 2 is 1.90 bits per heavy atom. The van der Waals surface area contributed by atoms with E-state index in [1.807, 2.05) is 24.4 Å². The summed E-state index contributed by atoms with van der Waals surface area (Å²) in [6.07, 6.45) is 6.16. The quantitative estimate of drug-likeness (QED) is 0.363. The maximum Gasteiger partial charge on any atom is 0.115 e. The van der Waals surface area contributed by atoms with Crippen LogP contribution >= 0.6 is 23.1 Å². The van der Waals surface area contributed by atoms with Crippen LogP contribution in [-0.4, -0.2) is 9.97 Å². The lowest BCUT2D eigenvalue weighted by atomic mass is 9.88. The average molecular weight is 414 g/mol. The molecular formula is C24H19N3S2. The van der Waals surface area contributed by atoms with Gasteiger partial charge in [0.15, 0.2) is 0 Å². The van der Waals surface area contributed by atoms with E-state index in [1.54, 1.807) is 23.1 Å². The van der Waals surface area contributed by atoms with Gasteiger partial charge in [-0.15, -0.1) is 11.3 Å². The van der Waals surface area contributed by atoms with Crippen molar-refractivity contribution in [3.63, 3.8) is 0 Å². The molecule has 142 valence electrons. The Hall–Kier alpha value is -2.68. The largest absolute Gasteiger partial charge is 0.260 e. The number of hydrogen-bond acceptors (Lipinski definition) is 5. The van der Waals surface area contributed by atoms with Gasteiger partial charge in [0.25, 0.3) is 0 Å². The molecule has 29 heavy (non-hydrogen) atoms. The van der Waals surface area contributed by atoms with E-state index < -0.39 is 0 Å². The summed E-state index contributed by atoms with van der Waals surface area (Å²) in [6.45, 7) is 0. The molecule has 0 saturated carbocycles. The lowest BCUT2D eigenvalue weighted by Gasteiger charge is -2.21. The van der Waals surface area contributed by atoms with E-state index in [2.05, 4.69) is 40.7 Å². The van der Waals surface area contributed by atoms with Gasteiger partial charge >= 0.3 is 0 Å². The Morgan fingerprint density at radius 1 is 1.03 bits per heavy atom. The van der Waals surface area contributed by atoms with E-state index in [9.17, 15) is 5.26 Å². The number of aromatic nitrogens is 2. The van der Waals surface area contributed by atoms with Crippen LogP contribution in [0.2, 0.25) is 0 Å². The van der Waals surface area contributed by atoms with Gasteiger partial charge in [-0.25, -0.2) is 4.98 Å². The van der Waals surface area contributed by atoms with Crippen LogP contribution in [0.15, 0.2) is 59.1 Å². The second-order valence-corrected chi connectivity index (χ2v) is 9.07. The van der Waals surface area contributed by atoms with Crippen LogP contribution in [0.25, 0.3) is 21.3 Å². The van der Waals surface area contributed by atoms with E-state index in [0.717, 1.165) is 46.6 Å². The second kappa shape index (κ2) is 7.98. The number of pyridine rings is 2. The molecule has 0 unspecified atom stereocenters. The Bertz CT molecular complexity index is 1220. The smallest absolute Gasteiger partial charge is 0.115 e. The molecule has 0 bridgehead atoms. The van der Waals surface area contributed by atoms with Gasteiger partial charge < -0.3 is 0 Å². The zero-order valence-electron chi connectivity index (χ0n) is 15.9. The normalized spacial score (nSPS) is 13.2. The third-order valence-corrected chi connectivity index (χ3v) is 7.31. The fraction of sp³-hybridized carbons (Fsp3) is 0.208. The highest BCUT2D eigenvalue weighted by molar-refractivity contribution is 7.98. The third-order valence-electron chi connectivity index (χ3n) is 5.45. The minimum Gasteiger partial charge on any atom is -0.260 e. The summed E-state index contributed by atoms with van der Waals surface area (Å²) in [5.74, 6) is 0.700. The Labute approximate surface area is 178 Å². The molecule has 0 fully saturated rings. The van der Waals surface area contributed by atoms with Gasteiger partial charge in [0.05, 0.1) is 21.8 Å². The molecule has 3 nitrogen and oxygen atoms in total. The highest BCUT2D eigenvalue weighted by Gasteiger charge is 2.23. The van der Waals surface area contributed by atoms with Gasteiger partial charge in [0.2, 0.25) is 0 Å². The number of thiophene rings is 1. The van der Waals surface area contributed by atoms with Crippen LogP contribution in [0.4, 0.5) is 0 Å². The van der Waals surface area contributed by atoms with Crippen molar-refractivity contribution in [3.05, 3.63) is 76.4 Å². The maximum absolute atomic E-state index is 9.95. The lowest BCUT2D eigenvalue weighted by molar-refractivity contribution is 0.678. The first-order chi connectivity index (χ1) is 14.3. The third kappa shape index (κ3) is 3.43. The predicted molar refractivity (Wildman–Crippen MR) is 120 cm³/mol. The molecule has 0 aliphatic heterocycles. The van der Waals surface area contributed by atoms with Crippen LogP contribution in [0, 0.1) is 11.3 Å². The van der Waals surface area contributed by atoms with Crippen molar-refractivity contribution < 1.29 is 0 Å². The first kappa shape index (κ1) is 18.4. The van der Waals surface area contributed by atoms with Gasteiger partial charge in [-0.05, 0) is 59.7 Å². The molecule has 3 aromatic heterocycles. The molecule has 0 saturated heterocycles. The van der Waals surface area contributed by atoms with Crippen molar-refractivity contribution >= 4 is 33.9 Å². The number of fused-ring (bicyclic) bond motifs is 2. The minimum atomic E-state index is 0.700. The molecule has 0 radical (unpaired) electrons. The summed E-state index contributed by atoms with van der Waals surface area (Å²) in [4.78, 5) is 10.8. The van der Waals surface area contributed by atoms with Crippen molar-refractivity contribution in [2.45, 2.75) is 36.5 Å². The molecule has 0 spiro atoms. The number of benzene rings is 1. The Morgan fingerprint density at radius 3 is 2.72 bits per heavy atom. The average Bonchev–Trinajstić information content (AvgIpc) is 3.31. The summed E-state index contributed by atoms with van der Waals surface area (Å²) in [6, 6.07) is 17.0. The van der Waals surface area contributed by atoms with E-state index in [-0.39, 0.29) is 0 Å². The Balaban J connectivity index is 1.57. The van der Waals surface area contributed by atoms with Crippen LogP contribution in [-0.2, 0) is 18.6 Å². The van der Waals surface area contributed by atoms with E-state index >= 15 is 0 Å². The van der Waals surface area contributed by atoms with Crippen molar-refractivity contribution in [2.75, 3.05) is 0 Å². The van der Waals surface area contributed by atoms with Gasteiger partial charge in [-0.1, -0.05) is 42.1 Å². The predicted octanol–water partition coefficient (Wildman–Crippen LogP) is 6.40. The summed E-state index contributed by atoms with van der Waals surface area (Å²) in [5.41, 5.74) is 5.37. The van der Waals surface area contributed by atoms with Gasteiger partial charge in [-0.3, -0.25) is 4.98 Å². The van der Waals surface area contributed by atoms with Crippen LogP contribution in [0.3, 0.4) is 0 Å². The summed E-state index contributed by atoms with van der Waals surface area (Å²) in [5, 5.41) is 15.2. The van der Waals surface area contributed by atoms with Crippen LogP contribution < -0.4 is 0 Å². The molecule has 0 amide bonds. The first-order valence-electron chi connectivity index (χ1n) is 9.80. The highest BCUT2D eigenvalue weighted by Crippen LogP contribution is 2.38. The van der Waals surface area contributed by atoms with Gasteiger partial charge in [-0.2, -0.15) is 5.26 Å². The van der Waals surface area contributed by atoms with Gasteiger partial charge in [0, 0.05) is 17.3 Å².